The number of methoxy groups -OCH3 is 1. The molecule has 0 aliphatic carbocycles. The van der Waals surface area contributed by atoms with Crippen molar-refractivity contribution in [2.45, 2.75) is 25.1 Å². The molecule has 114 valence electrons. The highest BCUT2D eigenvalue weighted by atomic mass is 32.2. The molecule has 1 amide bonds. The Morgan fingerprint density at radius 3 is 2.43 bits per heavy atom. The number of carbonyl (C=O) groups is 1. The van der Waals surface area contributed by atoms with Gasteiger partial charge >= 0.3 is 7.12 Å². The molecule has 1 aliphatic heterocycles. The van der Waals surface area contributed by atoms with Crippen molar-refractivity contribution < 1.29 is 28.0 Å². The van der Waals surface area contributed by atoms with Crippen molar-refractivity contribution in [3.63, 3.8) is 0 Å². The molecule has 2 rings (SSSR count). The number of nitrogens with zero attached hydrogens (tertiary/aromatic N) is 1. The quantitative estimate of drug-likeness (QED) is 0.679. The van der Waals surface area contributed by atoms with Crippen molar-refractivity contribution in [2.24, 2.45) is 0 Å². The molecule has 0 aromatic heterocycles. The molecule has 1 aliphatic rings. The largest absolute Gasteiger partial charge is 0.496 e. The second-order valence-electron chi connectivity index (χ2n) is 5.27. The van der Waals surface area contributed by atoms with Gasteiger partial charge in [0.05, 0.1) is 13.7 Å². The summed E-state index contributed by atoms with van der Waals surface area (Å²) < 4.78 is 28.6. The molecule has 9 heteroatoms. The van der Waals surface area contributed by atoms with E-state index in [1.165, 1.54) is 39.2 Å². The second kappa shape index (κ2) is 5.01. The van der Waals surface area contributed by atoms with Gasteiger partial charge in [0.25, 0.3) is 15.9 Å². The average molecular weight is 313 g/mol. The molecular weight excluding hydrogens is 297 g/mol. The summed E-state index contributed by atoms with van der Waals surface area (Å²) in [4.78, 5) is 11.9. The van der Waals surface area contributed by atoms with Crippen molar-refractivity contribution in [3.05, 3.63) is 23.8 Å². The summed E-state index contributed by atoms with van der Waals surface area (Å²) in [6.45, 7) is 2.51. The fourth-order valence-corrected chi connectivity index (χ4v) is 3.66. The number of hydrogen-bond donors (Lipinski definition) is 2. The average Bonchev–Trinajstić information content (AvgIpc) is 2.43. The Hall–Kier alpha value is -1.58. The number of ether oxygens (including phenoxy) is 1. The SMILES string of the molecule is COc1ccc(B(O)O)cc1CN1C(=O)C(C)(C)S1(=O)=O. The molecule has 1 aromatic rings. The van der Waals surface area contributed by atoms with E-state index in [4.69, 9.17) is 4.74 Å². The van der Waals surface area contributed by atoms with Crippen LogP contribution in [-0.4, -0.2) is 47.7 Å². The Kier molecular flexibility index (Phi) is 3.77. The molecule has 0 radical (unpaired) electrons. The van der Waals surface area contributed by atoms with E-state index in [0.29, 0.717) is 11.3 Å². The van der Waals surface area contributed by atoms with Crippen molar-refractivity contribution in [1.29, 1.82) is 0 Å². The van der Waals surface area contributed by atoms with Crippen LogP contribution >= 0.6 is 0 Å². The fraction of sp³-hybridized carbons (Fsp3) is 0.417. The Morgan fingerprint density at radius 1 is 1.33 bits per heavy atom. The van der Waals surface area contributed by atoms with Gasteiger partial charge in [0.1, 0.15) is 5.75 Å². The minimum absolute atomic E-state index is 0.190. The Balaban J connectivity index is 2.36. The highest BCUT2D eigenvalue weighted by Gasteiger charge is 2.60. The summed E-state index contributed by atoms with van der Waals surface area (Å²) in [5.41, 5.74) is 0.575. The molecule has 0 unspecified atom stereocenters. The zero-order valence-corrected chi connectivity index (χ0v) is 12.7. The number of sulfonamides is 1. The van der Waals surface area contributed by atoms with Gasteiger partial charge in [0.15, 0.2) is 4.75 Å². The maximum absolute atomic E-state index is 12.1. The number of rotatable bonds is 4. The lowest BCUT2D eigenvalue weighted by molar-refractivity contribution is -0.132. The van der Waals surface area contributed by atoms with E-state index in [0.717, 1.165) is 4.31 Å². The second-order valence-corrected chi connectivity index (χ2v) is 7.68. The van der Waals surface area contributed by atoms with Crippen LogP contribution in [0.1, 0.15) is 19.4 Å². The molecule has 0 spiro atoms. The third-order valence-electron chi connectivity index (χ3n) is 3.59. The first-order chi connectivity index (χ1) is 9.62. The third-order valence-corrected chi connectivity index (χ3v) is 5.93. The van der Waals surface area contributed by atoms with E-state index in [9.17, 15) is 23.3 Å². The standard InChI is InChI=1S/C12H16BNO6S/c1-12(2)11(15)14(21(12,18)19)7-8-6-9(13(16)17)4-5-10(8)20-3/h4-6,16-17H,7H2,1-3H3. The molecule has 1 heterocycles. The van der Waals surface area contributed by atoms with Gasteiger partial charge in [-0.2, -0.15) is 0 Å². The highest BCUT2D eigenvalue weighted by molar-refractivity contribution is 7.94. The molecule has 21 heavy (non-hydrogen) atoms. The molecule has 0 saturated carbocycles. The number of carbonyl (C=O) groups excluding carboxylic acids is 1. The van der Waals surface area contributed by atoms with E-state index in [1.807, 2.05) is 0 Å². The van der Waals surface area contributed by atoms with Crippen molar-refractivity contribution in [3.8, 4) is 5.75 Å². The van der Waals surface area contributed by atoms with Gasteiger partial charge in [-0.3, -0.25) is 4.79 Å². The van der Waals surface area contributed by atoms with E-state index in [1.54, 1.807) is 0 Å². The maximum Gasteiger partial charge on any atom is 0.488 e. The molecule has 1 saturated heterocycles. The highest BCUT2D eigenvalue weighted by Crippen LogP contribution is 2.37. The Morgan fingerprint density at radius 2 is 1.95 bits per heavy atom. The van der Waals surface area contributed by atoms with Crippen molar-refractivity contribution in [2.75, 3.05) is 7.11 Å². The molecule has 7 nitrogen and oxygen atoms in total. The van der Waals surface area contributed by atoms with Gasteiger partial charge in [0.2, 0.25) is 0 Å². The van der Waals surface area contributed by atoms with Gasteiger partial charge in [0, 0.05) is 5.56 Å². The smallest absolute Gasteiger partial charge is 0.488 e. The van der Waals surface area contributed by atoms with E-state index >= 15 is 0 Å². The topological polar surface area (TPSA) is 104 Å². The normalized spacial score (nSPS) is 19.1. The van der Waals surface area contributed by atoms with Crippen LogP contribution in [-0.2, 0) is 21.4 Å². The minimum Gasteiger partial charge on any atom is -0.496 e. The van der Waals surface area contributed by atoms with Crippen molar-refractivity contribution >= 4 is 28.5 Å². The molecule has 1 fully saturated rings. The van der Waals surface area contributed by atoms with Gasteiger partial charge < -0.3 is 14.8 Å². The molecule has 0 atom stereocenters. The predicted octanol–water partition coefficient (Wildman–Crippen LogP) is -1.17. The zero-order valence-electron chi connectivity index (χ0n) is 11.9. The number of benzene rings is 1. The first-order valence-corrected chi connectivity index (χ1v) is 7.66. The van der Waals surface area contributed by atoms with Crippen molar-refractivity contribution in [1.82, 2.24) is 4.31 Å². The van der Waals surface area contributed by atoms with Crippen LogP contribution in [0.15, 0.2) is 18.2 Å². The Bertz CT molecular complexity index is 685. The third kappa shape index (κ3) is 2.31. The molecular formula is C12H16BNO6S. The fourth-order valence-electron chi connectivity index (χ4n) is 2.15. The first-order valence-electron chi connectivity index (χ1n) is 6.22. The van der Waals surface area contributed by atoms with Crippen LogP contribution in [0.25, 0.3) is 0 Å². The van der Waals surface area contributed by atoms with Crippen LogP contribution in [0, 0.1) is 0 Å². The number of hydrogen-bond acceptors (Lipinski definition) is 6. The minimum atomic E-state index is -3.70. The van der Waals surface area contributed by atoms with Crippen LogP contribution in [0.4, 0.5) is 0 Å². The van der Waals surface area contributed by atoms with Crippen LogP contribution < -0.4 is 10.2 Å². The summed E-state index contributed by atoms with van der Waals surface area (Å²) in [6, 6.07) is 4.34. The van der Waals surface area contributed by atoms with Gasteiger partial charge in [-0.05, 0) is 25.4 Å². The van der Waals surface area contributed by atoms with Crippen LogP contribution in [0.3, 0.4) is 0 Å². The molecule has 2 N–H and O–H groups in total. The van der Waals surface area contributed by atoms with Gasteiger partial charge in [-0.1, -0.05) is 12.1 Å². The summed E-state index contributed by atoms with van der Waals surface area (Å²) in [5, 5.41) is 18.3. The summed E-state index contributed by atoms with van der Waals surface area (Å²) in [6.07, 6.45) is 0. The summed E-state index contributed by atoms with van der Waals surface area (Å²) in [5.74, 6) is -0.133. The summed E-state index contributed by atoms with van der Waals surface area (Å²) in [7, 11) is -3.98. The lowest BCUT2D eigenvalue weighted by Crippen LogP contribution is -2.66. The monoisotopic (exact) mass is 313 g/mol. The predicted molar refractivity (Wildman–Crippen MR) is 76.4 cm³/mol. The van der Waals surface area contributed by atoms with E-state index in [-0.39, 0.29) is 12.0 Å². The molecule has 1 aromatic carbocycles. The maximum atomic E-state index is 12.1. The molecule has 0 bridgehead atoms. The Labute approximate surface area is 123 Å². The van der Waals surface area contributed by atoms with Crippen LogP contribution in [0.5, 0.6) is 5.75 Å². The zero-order chi connectivity index (χ0) is 16.0. The van der Waals surface area contributed by atoms with Crippen LogP contribution in [0.2, 0.25) is 0 Å². The van der Waals surface area contributed by atoms with Gasteiger partial charge in [-0.25, -0.2) is 12.7 Å². The van der Waals surface area contributed by atoms with E-state index < -0.39 is 27.8 Å². The van der Waals surface area contributed by atoms with E-state index in [2.05, 4.69) is 0 Å². The number of amides is 1. The lowest BCUT2D eigenvalue weighted by atomic mass is 9.79. The summed E-state index contributed by atoms with van der Waals surface area (Å²) >= 11 is 0. The lowest BCUT2D eigenvalue weighted by Gasteiger charge is -2.43. The first kappa shape index (κ1) is 15.8. The van der Waals surface area contributed by atoms with Gasteiger partial charge in [-0.15, -0.1) is 0 Å².